The molecule has 3 aromatic rings. The zero-order valence-corrected chi connectivity index (χ0v) is 21.1. The predicted molar refractivity (Wildman–Crippen MR) is 143 cm³/mol. The van der Waals surface area contributed by atoms with Crippen LogP contribution in [0.25, 0.3) is 11.4 Å². The second kappa shape index (κ2) is 12.4. The molecule has 1 aliphatic carbocycles. The molecule has 0 spiro atoms. The van der Waals surface area contributed by atoms with Crippen LogP contribution in [0.3, 0.4) is 0 Å². The SMILES string of the molecule is CC(=O)NCCNc1cc(NCCNC(=O)C2CCc3ccccc3C2)nc(-c2ccc(Cl)cc2)n1. The number of carbonyl (C=O) groups is 2. The molecular formula is C27H31ClN6O2. The molecule has 0 bridgehead atoms. The summed E-state index contributed by atoms with van der Waals surface area (Å²) < 4.78 is 0. The van der Waals surface area contributed by atoms with E-state index in [0.29, 0.717) is 48.7 Å². The summed E-state index contributed by atoms with van der Waals surface area (Å²) in [5, 5.41) is 13.0. The minimum absolute atomic E-state index is 0.00914. The van der Waals surface area contributed by atoms with Gasteiger partial charge >= 0.3 is 0 Å². The fraction of sp³-hybridized carbons (Fsp3) is 0.333. The molecule has 4 rings (SSSR count). The van der Waals surface area contributed by atoms with Crippen LogP contribution in [0, 0.1) is 5.92 Å². The number of nitrogens with zero attached hydrogens (tertiary/aromatic N) is 2. The van der Waals surface area contributed by atoms with E-state index in [4.69, 9.17) is 11.6 Å². The summed E-state index contributed by atoms with van der Waals surface area (Å²) in [6.45, 7) is 3.50. The second-order valence-corrected chi connectivity index (χ2v) is 9.24. The number of aromatic nitrogens is 2. The Morgan fingerprint density at radius 1 is 0.889 bits per heavy atom. The highest BCUT2D eigenvalue weighted by Gasteiger charge is 2.24. The average molecular weight is 507 g/mol. The van der Waals surface area contributed by atoms with E-state index in [1.807, 2.05) is 24.3 Å². The summed E-state index contributed by atoms with van der Waals surface area (Å²) in [5.41, 5.74) is 3.46. The third-order valence-electron chi connectivity index (χ3n) is 6.08. The average Bonchev–Trinajstić information content (AvgIpc) is 2.89. The van der Waals surface area contributed by atoms with Crippen molar-refractivity contribution in [1.82, 2.24) is 20.6 Å². The topological polar surface area (TPSA) is 108 Å². The van der Waals surface area contributed by atoms with Crippen LogP contribution in [0.1, 0.15) is 24.5 Å². The molecule has 9 heteroatoms. The number of carbonyl (C=O) groups excluding carboxylic acids is 2. The van der Waals surface area contributed by atoms with Crippen molar-refractivity contribution in [2.75, 3.05) is 36.8 Å². The Balaban J connectivity index is 1.34. The number of fused-ring (bicyclic) bond motifs is 1. The summed E-state index contributed by atoms with van der Waals surface area (Å²) >= 11 is 6.03. The van der Waals surface area contributed by atoms with Crippen molar-refractivity contribution in [3.8, 4) is 11.4 Å². The molecule has 1 aromatic heterocycles. The Bertz CT molecular complexity index is 1200. The van der Waals surface area contributed by atoms with Gasteiger partial charge in [-0.2, -0.15) is 0 Å². The molecule has 1 atom stereocenters. The highest BCUT2D eigenvalue weighted by Crippen LogP contribution is 2.25. The number of aryl methyl sites for hydroxylation is 1. The minimum Gasteiger partial charge on any atom is -0.368 e. The predicted octanol–water partition coefficient (Wildman–Crippen LogP) is 3.68. The molecule has 0 aliphatic heterocycles. The van der Waals surface area contributed by atoms with Gasteiger partial charge < -0.3 is 21.3 Å². The summed E-state index contributed by atoms with van der Waals surface area (Å²) in [5.74, 6) is 1.84. The van der Waals surface area contributed by atoms with Crippen LogP contribution >= 0.6 is 11.6 Å². The lowest BCUT2D eigenvalue weighted by atomic mass is 9.83. The monoisotopic (exact) mass is 506 g/mol. The molecule has 0 radical (unpaired) electrons. The number of hydrogen-bond donors (Lipinski definition) is 4. The molecular weight excluding hydrogens is 476 g/mol. The first kappa shape index (κ1) is 25.4. The van der Waals surface area contributed by atoms with E-state index in [9.17, 15) is 9.59 Å². The van der Waals surface area contributed by atoms with Gasteiger partial charge in [-0.3, -0.25) is 9.59 Å². The van der Waals surface area contributed by atoms with Crippen molar-refractivity contribution in [1.29, 1.82) is 0 Å². The van der Waals surface area contributed by atoms with Crippen LogP contribution in [-0.4, -0.2) is 48.0 Å². The number of halogens is 1. The largest absolute Gasteiger partial charge is 0.368 e. The van der Waals surface area contributed by atoms with Crippen LogP contribution in [0.2, 0.25) is 5.02 Å². The number of hydrogen-bond acceptors (Lipinski definition) is 6. The van der Waals surface area contributed by atoms with Crippen molar-refractivity contribution in [2.24, 2.45) is 5.92 Å². The zero-order chi connectivity index (χ0) is 25.3. The first-order valence-corrected chi connectivity index (χ1v) is 12.6. The van der Waals surface area contributed by atoms with E-state index < -0.39 is 0 Å². The lowest BCUT2D eigenvalue weighted by Gasteiger charge is -2.23. The highest BCUT2D eigenvalue weighted by molar-refractivity contribution is 6.30. The Morgan fingerprint density at radius 2 is 1.53 bits per heavy atom. The fourth-order valence-electron chi connectivity index (χ4n) is 4.23. The van der Waals surface area contributed by atoms with Crippen molar-refractivity contribution >= 4 is 35.1 Å². The maximum absolute atomic E-state index is 12.7. The molecule has 36 heavy (non-hydrogen) atoms. The van der Waals surface area contributed by atoms with E-state index in [0.717, 1.165) is 24.8 Å². The fourth-order valence-corrected chi connectivity index (χ4v) is 4.35. The molecule has 0 saturated heterocycles. The Morgan fingerprint density at radius 3 is 2.19 bits per heavy atom. The van der Waals surface area contributed by atoms with Gasteiger partial charge in [0.2, 0.25) is 11.8 Å². The van der Waals surface area contributed by atoms with E-state index >= 15 is 0 Å². The molecule has 1 aliphatic rings. The van der Waals surface area contributed by atoms with Crippen LogP contribution in [0.15, 0.2) is 54.6 Å². The minimum atomic E-state index is -0.0804. The summed E-state index contributed by atoms with van der Waals surface area (Å²) in [4.78, 5) is 33.1. The standard InChI is InChI=1S/C27H31ClN6O2/c1-18(35)29-12-13-30-24-17-25(34-26(33-24)20-8-10-23(28)11-9-20)31-14-15-32-27(36)22-7-6-19-4-2-3-5-21(19)16-22/h2-5,8-11,17,22H,6-7,12-16H2,1H3,(H,29,35)(H,32,36)(H2,30,31,33,34). The second-order valence-electron chi connectivity index (χ2n) is 8.80. The maximum atomic E-state index is 12.7. The van der Waals surface area contributed by atoms with Gasteiger partial charge in [-0.25, -0.2) is 9.97 Å². The van der Waals surface area contributed by atoms with E-state index in [1.54, 1.807) is 12.1 Å². The molecule has 8 nitrogen and oxygen atoms in total. The third-order valence-corrected chi connectivity index (χ3v) is 6.33. The Labute approximate surface area is 216 Å². The quantitative estimate of drug-likeness (QED) is 0.312. The van der Waals surface area contributed by atoms with Crippen molar-refractivity contribution in [3.05, 3.63) is 70.7 Å². The van der Waals surface area contributed by atoms with Crippen LogP contribution < -0.4 is 21.3 Å². The van der Waals surface area contributed by atoms with Gasteiger partial charge in [-0.1, -0.05) is 35.9 Å². The van der Waals surface area contributed by atoms with Gasteiger partial charge in [0, 0.05) is 55.7 Å². The number of anilines is 2. The van der Waals surface area contributed by atoms with E-state index in [1.165, 1.54) is 18.1 Å². The van der Waals surface area contributed by atoms with Gasteiger partial charge in [0.05, 0.1) is 0 Å². The Hall–Kier alpha value is -3.65. The molecule has 2 aromatic carbocycles. The van der Waals surface area contributed by atoms with Crippen LogP contribution in [-0.2, 0) is 22.4 Å². The molecule has 2 amide bonds. The highest BCUT2D eigenvalue weighted by atomic mass is 35.5. The zero-order valence-electron chi connectivity index (χ0n) is 20.3. The molecule has 1 heterocycles. The smallest absolute Gasteiger partial charge is 0.223 e. The molecule has 0 fully saturated rings. The summed E-state index contributed by atoms with van der Waals surface area (Å²) in [6.07, 6.45) is 2.61. The van der Waals surface area contributed by atoms with Gasteiger partial charge in [0.25, 0.3) is 0 Å². The van der Waals surface area contributed by atoms with Crippen molar-refractivity contribution in [3.63, 3.8) is 0 Å². The lowest BCUT2D eigenvalue weighted by molar-refractivity contribution is -0.125. The van der Waals surface area contributed by atoms with Crippen molar-refractivity contribution in [2.45, 2.75) is 26.2 Å². The number of rotatable bonds is 10. The van der Waals surface area contributed by atoms with Gasteiger partial charge in [-0.15, -0.1) is 0 Å². The molecule has 188 valence electrons. The molecule has 1 unspecified atom stereocenters. The first-order chi connectivity index (χ1) is 17.5. The molecule has 4 N–H and O–H groups in total. The number of amides is 2. The van der Waals surface area contributed by atoms with Crippen molar-refractivity contribution < 1.29 is 9.59 Å². The normalized spacial score (nSPS) is 14.4. The number of nitrogens with one attached hydrogen (secondary N) is 4. The maximum Gasteiger partial charge on any atom is 0.223 e. The summed E-state index contributed by atoms with van der Waals surface area (Å²) in [7, 11) is 0. The third kappa shape index (κ3) is 7.18. The number of benzene rings is 2. The Kier molecular flexibility index (Phi) is 8.73. The lowest BCUT2D eigenvalue weighted by Crippen LogP contribution is -2.36. The van der Waals surface area contributed by atoms with E-state index in [2.05, 4.69) is 49.4 Å². The van der Waals surface area contributed by atoms with E-state index in [-0.39, 0.29) is 17.7 Å². The van der Waals surface area contributed by atoms with Gasteiger partial charge in [-0.05, 0) is 54.7 Å². The van der Waals surface area contributed by atoms with Crippen LogP contribution in [0.4, 0.5) is 11.6 Å². The van der Waals surface area contributed by atoms with Gasteiger partial charge in [0.15, 0.2) is 5.82 Å². The first-order valence-electron chi connectivity index (χ1n) is 12.2. The van der Waals surface area contributed by atoms with Gasteiger partial charge in [0.1, 0.15) is 11.6 Å². The molecule has 0 saturated carbocycles. The van der Waals surface area contributed by atoms with Crippen LogP contribution in [0.5, 0.6) is 0 Å². The summed E-state index contributed by atoms with van der Waals surface area (Å²) in [6, 6.07) is 17.5.